The van der Waals surface area contributed by atoms with Crippen molar-refractivity contribution in [2.45, 2.75) is 51.2 Å². The molecular weight excluding hydrogens is 414 g/mol. The molecule has 2 unspecified atom stereocenters. The van der Waals surface area contributed by atoms with E-state index in [1.165, 1.54) is 18.2 Å². The topological polar surface area (TPSA) is 42.0 Å². The Balaban J connectivity index is 1.57. The Kier molecular flexibility index (Phi) is 5.02. The minimum Gasteiger partial charge on any atom is -0.491 e. The molecule has 3 aliphatic rings. The molecule has 7 heteroatoms. The SMILES string of the molecule is CC(C)(C)OC(=O)N1CCC2C(C1)c1cc(-c3c(F)cccc3F)cc3c1N2CCCO3. The number of fused-ring (bicyclic) bond motifs is 3. The maximum atomic E-state index is 14.6. The van der Waals surface area contributed by atoms with Crippen LogP contribution in [0.5, 0.6) is 5.75 Å². The smallest absolute Gasteiger partial charge is 0.410 e. The summed E-state index contributed by atoms with van der Waals surface area (Å²) >= 11 is 0. The molecule has 0 bridgehead atoms. The van der Waals surface area contributed by atoms with Crippen LogP contribution < -0.4 is 9.64 Å². The first kappa shape index (κ1) is 21.0. The Bertz CT molecular complexity index is 1050. The van der Waals surface area contributed by atoms with Crippen LogP contribution in [0.3, 0.4) is 0 Å². The van der Waals surface area contributed by atoms with Gasteiger partial charge in [0.25, 0.3) is 0 Å². The molecule has 2 aromatic rings. The van der Waals surface area contributed by atoms with Gasteiger partial charge in [-0.2, -0.15) is 0 Å². The molecule has 2 aromatic carbocycles. The van der Waals surface area contributed by atoms with Crippen LogP contribution >= 0.6 is 0 Å². The summed E-state index contributed by atoms with van der Waals surface area (Å²) in [5.74, 6) is -0.509. The molecule has 1 saturated heterocycles. The van der Waals surface area contributed by atoms with Gasteiger partial charge in [-0.3, -0.25) is 0 Å². The first-order valence-corrected chi connectivity index (χ1v) is 11.2. The molecule has 170 valence electrons. The second-order valence-electron chi connectivity index (χ2n) is 9.79. The third-order valence-electron chi connectivity index (χ3n) is 6.47. The standard InChI is InChI=1S/C25H28F2N2O3/c1-25(2,3)32-24(30)28-10-8-20-17(14-28)16-12-15(22-18(26)6-4-7-19(22)27)13-21-23(16)29(20)9-5-11-31-21/h4,6-7,12-13,17,20H,5,8-11,14H2,1-3H3. The van der Waals surface area contributed by atoms with Gasteiger partial charge in [-0.05, 0) is 69.0 Å². The van der Waals surface area contributed by atoms with Gasteiger partial charge in [-0.25, -0.2) is 13.6 Å². The predicted octanol–water partition coefficient (Wildman–Crippen LogP) is 5.33. The molecule has 5 rings (SSSR count). The van der Waals surface area contributed by atoms with Crippen LogP contribution in [-0.2, 0) is 4.74 Å². The molecule has 5 nitrogen and oxygen atoms in total. The Labute approximate surface area is 186 Å². The lowest BCUT2D eigenvalue weighted by molar-refractivity contribution is 0.0189. The highest BCUT2D eigenvalue weighted by atomic mass is 19.1. The number of amides is 1. The zero-order valence-corrected chi connectivity index (χ0v) is 18.7. The van der Waals surface area contributed by atoms with Crippen molar-refractivity contribution in [1.82, 2.24) is 4.90 Å². The van der Waals surface area contributed by atoms with Gasteiger partial charge in [0.2, 0.25) is 0 Å². The van der Waals surface area contributed by atoms with E-state index < -0.39 is 17.2 Å². The van der Waals surface area contributed by atoms with Crippen LogP contribution in [0.2, 0.25) is 0 Å². The fourth-order valence-corrected chi connectivity index (χ4v) is 5.22. The number of carbonyl (C=O) groups is 1. The third kappa shape index (κ3) is 3.57. The van der Waals surface area contributed by atoms with Crippen molar-refractivity contribution in [2.75, 3.05) is 31.1 Å². The first-order chi connectivity index (χ1) is 15.2. The highest BCUT2D eigenvalue weighted by molar-refractivity contribution is 5.79. The molecule has 0 radical (unpaired) electrons. The van der Waals surface area contributed by atoms with Crippen molar-refractivity contribution >= 4 is 11.8 Å². The second kappa shape index (κ2) is 7.64. The number of rotatable bonds is 1. The molecule has 0 aromatic heterocycles. The molecule has 0 N–H and O–H groups in total. The van der Waals surface area contributed by atoms with Gasteiger partial charge in [0, 0.05) is 31.6 Å². The lowest BCUT2D eigenvalue weighted by Gasteiger charge is -2.39. The molecular formula is C25H28F2N2O3. The van der Waals surface area contributed by atoms with Gasteiger partial charge in [0.05, 0.1) is 17.9 Å². The Morgan fingerprint density at radius 2 is 1.91 bits per heavy atom. The maximum Gasteiger partial charge on any atom is 0.410 e. The number of hydrogen-bond donors (Lipinski definition) is 0. The Morgan fingerprint density at radius 1 is 1.16 bits per heavy atom. The minimum atomic E-state index is -0.601. The predicted molar refractivity (Wildman–Crippen MR) is 118 cm³/mol. The van der Waals surface area contributed by atoms with E-state index in [1.807, 2.05) is 26.8 Å². The van der Waals surface area contributed by atoms with Crippen molar-refractivity contribution in [3.8, 4) is 16.9 Å². The summed E-state index contributed by atoms with van der Waals surface area (Å²) in [6.45, 7) is 8.12. The summed E-state index contributed by atoms with van der Waals surface area (Å²) in [7, 11) is 0. The largest absolute Gasteiger partial charge is 0.491 e. The zero-order chi connectivity index (χ0) is 22.6. The highest BCUT2D eigenvalue weighted by Crippen LogP contribution is 2.52. The van der Waals surface area contributed by atoms with Crippen LogP contribution in [0.15, 0.2) is 30.3 Å². The molecule has 0 aliphatic carbocycles. The quantitative estimate of drug-likeness (QED) is 0.599. The van der Waals surface area contributed by atoms with Crippen LogP contribution in [0.1, 0.15) is 45.1 Å². The number of anilines is 1. The Morgan fingerprint density at radius 3 is 2.62 bits per heavy atom. The fourth-order valence-electron chi connectivity index (χ4n) is 5.22. The summed E-state index contributed by atoms with van der Waals surface area (Å²) in [6.07, 6.45) is 1.36. The lowest BCUT2D eigenvalue weighted by atomic mass is 9.87. The number of ether oxygens (including phenoxy) is 2. The summed E-state index contributed by atoms with van der Waals surface area (Å²) in [5, 5.41) is 0. The first-order valence-electron chi connectivity index (χ1n) is 11.2. The summed E-state index contributed by atoms with van der Waals surface area (Å²) in [5.41, 5.74) is 1.84. The van der Waals surface area contributed by atoms with Crippen LogP contribution in [0.4, 0.5) is 19.3 Å². The van der Waals surface area contributed by atoms with Crippen molar-refractivity contribution in [3.05, 3.63) is 47.5 Å². The molecule has 1 fully saturated rings. The maximum absolute atomic E-state index is 14.6. The van der Waals surface area contributed by atoms with Gasteiger partial charge < -0.3 is 19.3 Å². The minimum absolute atomic E-state index is 0.0292. The van der Waals surface area contributed by atoms with Gasteiger partial charge in [-0.15, -0.1) is 0 Å². The second-order valence-corrected chi connectivity index (χ2v) is 9.79. The summed E-state index contributed by atoms with van der Waals surface area (Å²) in [6, 6.07) is 7.76. The van der Waals surface area contributed by atoms with Crippen molar-refractivity contribution in [2.24, 2.45) is 0 Å². The van der Waals surface area contributed by atoms with Crippen LogP contribution in [0.25, 0.3) is 11.1 Å². The highest BCUT2D eigenvalue weighted by Gasteiger charge is 2.45. The summed E-state index contributed by atoms with van der Waals surface area (Å²) < 4.78 is 40.8. The molecule has 3 aliphatic heterocycles. The van der Waals surface area contributed by atoms with E-state index in [2.05, 4.69) is 4.90 Å². The Hall–Kier alpha value is -2.83. The number of piperidine rings is 1. The molecule has 0 spiro atoms. The van der Waals surface area contributed by atoms with E-state index in [4.69, 9.17) is 9.47 Å². The van der Waals surface area contributed by atoms with Crippen molar-refractivity contribution in [1.29, 1.82) is 0 Å². The van der Waals surface area contributed by atoms with E-state index >= 15 is 0 Å². The average Bonchev–Trinajstić information content (AvgIpc) is 2.87. The monoisotopic (exact) mass is 442 g/mol. The van der Waals surface area contributed by atoms with Crippen LogP contribution in [0, 0.1) is 11.6 Å². The van der Waals surface area contributed by atoms with Gasteiger partial charge >= 0.3 is 6.09 Å². The van der Waals surface area contributed by atoms with Gasteiger partial charge in [0.15, 0.2) is 0 Å². The van der Waals surface area contributed by atoms with Crippen molar-refractivity contribution in [3.63, 3.8) is 0 Å². The number of hydrogen-bond acceptors (Lipinski definition) is 4. The molecule has 1 amide bonds. The average molecular weight is 443 g/mol. The molecule has 2 atom stereocenters. The zero-order valence-electron chi connectivity index (χ0n) is 18.7. The third-order valence-corrected chi connectivity index (χ3v) is 6.47. The van der Waals surface area contributed by atoms with Crippen LogP contribution in [-0.4, -0.2) is 48.9 Å². The van der Waals surface area contributed by atoms with Gasteiger partial charge in [0.1, 0.15) is 23.0 Å². The molecule has 0 saturated carbocycles. The molecule has 32 heavy (non-hydrogen) atoms. The number of benzene rings is 2. The number of halogens is 2. The van der Waals surface area contributed by atoms with E-state index in [0.29, 0.717) is 31.0 Å². The number of likely N-dealkylation sites (tertiary alicyclic amines) is 1. The fraction of sp³-hybridized carbons (Fsp3) is 0.480. The number of carbonyl (C=O) groups excluding carboxylic acids is 1. The lowest BCUT2D eigenvalue weighted by Crippen LogP contribution is -2.49. The van der Waals surface area contributed by atoms with E-state index in [-0.39, 0.29) is 23.6 Å². The van der Waals surface area contributed by atoms with Crippen molar-refractivity contribution < 1.29 is 23.0 Å². The summed E-state index contributed by atoms with van der Waals surface area (Å²) in [4.78, 5) is 16.9. The molecule has 3 heterocycles. The van der Waals surface area contributed by atoms with E-state index in [0.717, 1.165) is 30.6 Å². The van der Waals surface area contributed by atoms with E-state index in [9.17, 15) is 13.6 Å². The normalized spacial score (nSPS) is 22.0. The van der Waals surface area contributed by atoms with Gasteiger partial charge in [-0.1, -0.05) is 6.07 Å². The van der Waals surface area contributed by atoms with E-state index in [1.54, 1.807) is 11.0 Å². The number of nitrogens with zero attached hydrogens (tertiary/aromatic N) is 2.